The summed E-state index contributed by atoms with van der Waals surface area (Å²) in [6.07, 6.45) is 11.9. The van der Waals surface area contributed by atoms with Gasteiger partial charge in [0.25, 0.3) is 0 Å². The highest BCUT2D eigenvalue weighted by atomic mass is 14.2. The van der Waals surface area contributed by atoms with E-state index in [4.69, 9.17) is 12.8 Å². The summed E-state index contributed by atoms with van der Waals surface area (Å²) < 4.78 is 0. The summed E-state index contributed by atoms with van der Waals surface area (Å²) in [4.78, 5) is 0. The van der Waals surface area contributed by atoms with Crippen LogP contribution in [0.25, 0.3) is 21.5 Å². The molecule has 0 bridgehead atoms. The molecular formula is C26H18. The summed E-state index contributed by atoms with van der Waals surface area (Å²) in [7, 11) is 0. The van der Waals surface area contributed by atoms with Crippen molar-refractivity contribution in [2.75, 3.05) is 0 Å². The van der Waals surface area contributed by atoms with Gasteiger partial charge in [-0.1, -0.05) is 84.6 Å². The fourth-order valence-corrected chi connectivity index (χ4v) is 3.57. The number of hydrogen-bond acceptors (Lipinski definition) is 0. The normalized spacial score (nSPS) is 13.0. The zero-order chi connectivity index (χ0) is 17.9. The second kappa shape index (κ2) is 6.79. The van der Waals surface area contributed by atoms with E-state index in [1.807, 2.05) is 24.3 Å². The summed E-state index contributed by atoms with van der Waals surface area (Å²) in [5.41, 5.74) is 2.17. The molecule has 2 atom stereocenters. The SMILES string of the molecule is C#C[C@@H](c1ccc2ccccc2c1)[C@@H](C#C)c1ccc2ccccc2c1. The Hall–Kier alpha value is -3.48. The summed E-state index contributed by atoms with van der Waals surface area (Å²) in [6.45, 7) is 0. The maximum Gasteiger partial charge on any atom is 0.0628 e. The molecule has 0 heterocycles. The van der Waals surface area contributed by atoms with Crippen LogP contribution < -0.4 is 0 Å². The lowest BCUT2D eigenvalue weighted by Gasteiger charge is -2.20. The predicted molar refractivity (Wildman–Crippen MR) is 111 cm³/mol. The lowest BCUT2D eigenvalue weighted by atomic mass is 9.81. The van der Waals surface area contributed by atoms with Gasteiger partial charge in [-0.25, -0.2) is 0 Å². The van der Waals surface area contributed by atoms with Crippen molar-refractivity contribution < 1.29 is 0 Å². The van der Waals surface area contributed by atoms with Crippen LogP contribution in [0.15, 0.2) is 84.9 Å². The molecule has 0 aromatic heterocycles. The molecule has 4 aromatic carbocycles. The molecule has 0 aliphatic carbocycles. The van der Waals surface area contributed by atoms with Crippen molar-refractivity contribution in [1.82, 2.24) is 0 Å². The smallest absolute Gasteiger partial charge is 0.0628 e. The first kappa shape index (κ1) is 16.0. The molecule has 0 aliphatic rings. The average Bonchev–Trinajstić information content (AvgIpc) is 2.71. The molecule has 0 N–H and O–H groups in total. The number of hydrogen-bond donors (Lipinski definition) is 0. The maximum absolute atomic E-state index is 5.93. The molecule has 0 nitrogen and oxygen atoms in total. The van der Waals surface area contributed by atoms with E-state index in [1.54, 1.807) is 0 Å². The first-order valence-electron chi connectivity index (χ1n) is 8.70. The largest absolute Gasteiger partial charge is 0.119 e. The molecule has 4 rings (SSSR count). The summed E-state index contributed by atoms with van der Waals surface area (Å²) >= 11 is 0. The predicted octanol–water partition coefficient (Wildman–Crippen LogP) is 6.13. The summed E-state index contributed by atoms with van der Waals surface area (Å²) in [6, 6.07) is 29.3. The molecule has 0 saturated heterocycles. The topological polar surface area (TPSA) is 0 Å². The molecule has 0 unspecified atom stereocenters. The molecule has 0 amide bonds. The van der Waals surface area contributed by atoms with Gasteiger partial charge in [0.1, 0.15) is 0 Å². The Bertz CT molecular complexity index is 1070. The van der Waals surface area contributed by atoms with Crippen LogP contribution in [0.3, 0.4) is 0 Å². The lowest BCUT2D eigenvalue weighted by molar-refractivity contribution is 0.784. The molecule has 4 aromatic rings. The molecule has 0 fully saturated rings. The minimum absolute atomic E-state index is 0.161. The highest BCUT2D eigenvalue weighted by molar-refractivity contribution is 5.84. The number of terminal acetylenes is 2. The Morgan fingerprint density at radius 3 is 1.27 bits per heavy atom. The van der Waals surface area contributed by atoms with Gasteiger partial charge in [0.15, 0.2) is 0 Å². The van der Waals surface area contributed by atoms with E-state index < -0.39 is 0 Å². The summed E-state index contributed by atoms with van der Waals surface area (Å²) in [5.74, 6) is 5.55. The fraction of sp³-hybridized carbons (Fsp3) is 0.0769. The Morgan fingerprint density at radius 2 is 0.885 bits per heavy atom. The van der Waals surface area contributed by atoms with Crippen LogP contribution in [0.5, 0.6) is 0 Å². The first-order chi connectivity index (χ1) is 12.8. The molecule has 0 aliphatic heterocycles. The van der Waals surface area contributed by atoms with Gasteiger partial charge in [-0.15, -0.1) is 12.8 Å². The number of fused-ring (bicyclic) bond motifs is 2. The lowest BCUT2D eigenvalue weighted by Crippen LogP contribution is -2.08. The van der Waals surface area contributed by atoms with E-state index in [9.17, 15) is 0 Å². The Balaban J connectivity index is 1.79. The van der Waals surface area contributed by atoms with Crippen molar-refractivity contribution in [3.8, 4) is 24.7 Å². The minimum atomic E-state index is -0.161. The third kappa shape index (κ3) is 2.83. The molecule has 0 spiro atoms. The standard InChI is InChI=1S/C26H18/c1-3-25(23-15-13-19-9-5-7-11-21(19)17-23)26(4-2)24-16-14-20-10-6-8-12-22(20)18-24/h1-2,5-18,25-26H/t25-,26-/m0/s1. The summed E-state index contributed by atoms with van der Waals surface area (Å²) in [5, 5.41) is 4.77. The monoisotopic (exact) mass is 330 g/mol. The molecule has 122 valence electrons. The van der Waals surface area contributed by atoms with Crippen LogP contribution in [0.1, 0.15) is 23.0 Å². The van der Waals surface area contributed by atoms with Crippen LogP contribution >= 0.6 is 0 Å². The van der Waals surface area contributed by atoms with Crippen molar-refractivity contribution in [2.45, 2.75) is 11.8 Å². The third-order valence-corrected chi connectivity index (χ3v) is 4.96. The van der Waals surface area contributed by atoms with E-state index in [2.05, 4.69) is 72.5 Å². The van der Waals surface area contributed by atoms with Crippen molar-refractivity contribution in [3.05, 3.63) is 96.1 Å². The zero-order valence-electron chi connectivity index (χ0n) is 14.4. The van der Waals surface area contributed by atoms with Gasteiger partial charge in [0, 0.05) is 0 Å². The maximum atomic E-state index is 5.93. The van der Waals surface area contributed by atoms with Crippen molar-refractivity contribution in [1.29, 1.82) is 0 Å². The van der Waals surface area contributed by atoms with Gasteiger partial charge < -0.3 is 0 Å². The van der Waals surface area contributed by atoms with Crippen LogP contribution in [-0.2, 0) is 0 Å². The quantitative estimate of drug-likeness (QED) is 0.397. The molecular weight excluding hydrogens is 312 g/mol. The van der Waals surface area contributed by atoms with Crippen molar-refractivity contribution in [3.63, 3.8) is 0 Å². The van der Waals surface area contributed by atoms with Crippen molar-refractivity contribution in [2.24, 2.45) is 0 Å². The van der Waals surface area contributed by atoms with Crippen LogP contribution in [0.4, 0.5) is 0 Å². The van der Waals surface area contributed by atoms with Gasteiger partial charge in [0.2, 0.25) is 0 Å². The van der Waals surface area contributed by atoms with E-state index in [1.165, 1.54) is 21.5 Å². The van der Waals surface area contributed by atoms with E-state index in [-0.39, 0.29) is 11.8 Å². The minimum Gasteiger partial charge on any atom is -0.119 e. The van der Waals surface area contributed by atoms with E-state index in [0.717, 1.165) is 11.1 Å². The Kier molecular flexibility index (Phi) is 4.18. The van der Waals surface area contributed by atoms with Gasteiger partial charge >= 0.3 is 0 Å². The van der Waals surface area contributed by atoms with Gasteiger partial charge in [-0.3, -0.25) is 0 Å². The van der Waals surface area contributed by atoms with Crippen LogP contribution in [0.2, 0.25) is 0 Å². The second-order valence-electron chi connectivity index (χ2n) is 6.50. The number of rotatable bonds is 3. The van der Waals surface area contributed by atoms with Gasteiger partial charge in [-0.2, -0.15) is 0 Å². The zero-order valence-corrected chi connectivity index (χ0v) is 14.4. The second-order valence-corrected chi connectivity index (χ2v) is 6.50. The Labute approximate surface area is 154 Å². The molecule has 0 heteroatoms. The van der Waals surface area contributed by atoms with Crippen LogP contribution in [0, 0.1) is 24.7 Å². The molecule has 0 saturated carbocycles. The van der Waals surface area contributed by atoms with E-state index in [0.29, 0.717) is 0 Å². The first-order valence-corrected chi connectivity index (χ1v) is 8.70. The average molecular weight is 330 g/mol. The molecule has 26 heavy (non-hydrogen) atoms. The highest BCUT2D eigenvalue weighted by Crippen LogP contribution is 2.34. The highest BCUT2D eigenvalue weighted by Gasteiger charge is 2.22. The van der Waals surface area contributed by atoms with E-state index >= 15 is 0 Å². The Morgan fingerprint density at radius 1 is 0.500 bits per heavy atom. The van der Waals surface area contributed by atoms with Gasteiger partial charge in [0.05, 0.1) is 11.8 Å². The third-order valence-electron chi connectivity index (χ3n) is 4.96. The van der Waals surface area contributed by atoms with Crippen LogP contribution in [-0.4, -0.2) is 0 Å². The number of benzene rings is 4. The fourth-order valence-electron chi connectivity index (χ4n) is 3.57. The van der Waals surface area contributed by atoms with Crippen molar-refractivity contribution >= 4 is 21.5 Å². The van der Waals surface area contributed by atoms with Gasteiger partial charge in [-0.05, 0) is 44.8 Å². The molecule has 0 radical (unpaired) electrons.